The molecule has 2 aromatic carbocycles. The van der Waals surface area contributed by atoms with Gasteiger partial charge >= 0.3 is 0 Å². The van der Waals surface area contributed by atoms with Crippen molar-refractivity contribution >= 4 is 11.6 Å². The number of hydrogen-bond donors (Lipinski definition) is 0. The van der Waals surface area contributed by atoms with Gasteiger partial charge in [-0.05, 0) is 30.2 Å². The van der Waals surface area contributed by atoms with Gasteiger partial charge in [0.1, 0.15) is 0 Å². The molecule has 1 fully saturated rings. The van der Waals surface area contributed by atoms with Crippen molar-refractivity contribution in [3.63, 3.8) is 0 Å². The van der Waals surface area contributed by atoms with Crippen LogP contribution in [0.3, 0.4) is 0 Å². The fraction of sp³-hybridized carbons (Fsp3) is 0.269. The minimum Gasteiger partial charge on any atom is -0.297 e. The number of nitrogens with zero attached hydrogens (tertiary/aromatic N) is 3. The van der Waals surface area contributed by atoms with Crippen LogP contribution in [-0.2, 0) is 12.1 Å². The molecule has 2 aliphatic rings. The van der Waals surface area contributed by atoms with Gasteiger partial charge in [0, 0.05) is 56.2 Å². The predicted octanol–water partition coefficient (Wildman–Crippen LogP) is 3.48. The molecule has 0 N–H and O–H groups in total. The zero-order valence-electron chi connectivity index (χ0n) is 17.6. The van der Waals surface area contributed by atoms with E-state index >= 15 is 0 Å². The lowest BCUT2D eigenvalue weighted by atomic mass is 9.82. The molecule has 5 heteroatoms. The van der Waals surface area contributed by atoms with Gasteiger partial charge in [-0.15, -0.1) is 0 Å². The van der Waals surface area contributed by atoms with Crippen LogP contribution >= 0.6 is 0 Å². The molecule has 156 valence electrons. The average Bonchev–Trinajstić information content (AvgIpc) is 3.03. The molecule has 0 unspecified atom stereocenters. The van der Waals surface area contributed by atoms with Crippen LogP contribution in [0.2, 0.25) is 0 Å². The molecule has 31 heavy (non-hydrogen) atoms. The van der Waals surface area contributed by atoms with Crippen LogP contribution < -0.4 is 0 Å². The molecule has 0 radical (unpaired) electrons. The standard InChI is InChI=1S/C26H25N3O2/c1-19-5-4-6-21(17-19)26(24(30)22-7-2-3-8-23(22)25(26)31)29-15-13-28(14-16-29)18-20-9-11-27-12-10-20/h2-12,17H,13-16,18H2,1H3. The summed E-state index contributed by atoms with van der Waals surface area (Å²) >= 11 is 0. The maximum absolute atomic E-state index is 13.8. The molecule has 1 aromatic heterocycles. The van der Waals surface area contributed by atoms with Gasteiger partial charge in [0.25, 0.3) is 0 Å². The molecule has 1 aliphatic carbocycles. The number of aromatic nitrogens is 1. The summed E-state index contributed by atoms with van der Waals surface area (Å²) in [5.74, 6) is -0.192. The van der Waals surface area contributed by atoms with E-state index in [2.05, 4.69) is 14.8 Å². The molecule has 0 bridgehead atoms. The lowest BCUT2D eigenvalue weighted by molar-refractivity contribution is 0.0279. The molecule has 2 heterocycles. The largest absolute Gasteiger partial charge is 0.297 e. The highest BCUT2D eigenvalue weighted by Gasteiger charge is 2.58. The number of benzene rings is 2. The number of aryl methyl sites for hydroxylation is 1. The van der Waals surface area contributed by atoms with Crippen LogP contribution in [-0.4, -0.2) is 52.5 Å². The van der Waals surface area contributed by atoms with Crippen molar-refractivity contribution in [2.24, 2.45) is 0 Å². The highest BCUT2D eigenvalue weighted by Crippen LogP contribution is 2.43. The van der Waals surface area contributed by atoms with Crippen molar-refractivity contribution in [2.75, 3.05) is 26.2 Å². The number of fused-ring (bicyclic) bond motifs is 1. The highest BCUT2D eigenvalue weighted by molar-refractivity contribution is 6.32. The number of ketones is 2. The Morgan fingerprint density at radius 2 is 1.48 bits per heavy atom. The molecule has 0 saturated carbocycles. The third-order valence-electron chi connectivity index (χ3n) is 6.51. The Kier molecular flexibility index (Phi) is 5.00. The molecular weight excluding hydrogens is 386 g/mol. The molecule has 1 aliphatic heterocycles. The summed E-state index contributed by atoms with van der Waals surface area (Å²) in [6, 6.07) is 19.2. The summed E-state index contributed by atoms with van der Waals surface area (Å²) in [5.41, 5.74) is 2.85. The maximum Gasteiger partial charge on any atom is 0.196 e. The molecule has 0 spiro atoms. The van der Waals surface area contributed by atoms with Gasteiger partial charge in [-0.25, -0.2) is 0 Å². The predicted molar refractivity (Wildman–Crippen MR) is 119 cm³/mol. The van der Waals surface area contributed by atoms with E-state index in [4.69, 9.17) is 0 Å². The second-order valence-corrected chi connectivity index (χ2v) is 8.40. The quantitative estimate of drug-likeness (QED) is 0.616. The van der Waals surface area contributed by atoms with Crippen LogP contribution in [0, 0.1) is 6.92 Å². The van der Waals surface area contributed by atoms with Crippen molar-refractivity contribution in [2.45, 2.75) is 19.0 Å². The number of carbonyl (C=O) groups is 2. The van der Waals surface area contributed by atoms with Crippen molar-refractivity contribution in [3.8, 4) is 0 Å². The second-order valence-electron chi connectivity index (χ2n) is 8.40. The zero-order chi connectivity index (χ0) is 21.4. The van der Waals surface area contributed by atoms with E-state index in [1.165, 1.54) is 5.56 Å². The van der Waals surface area contributed by atoms with Crippen molar-refractivity contribution in [1.82, 2.24) is 14.8 Å². The Labute approximate surface area is 182 Å². The zero-order valence-corrected chi connectivity index (χ0v) is 17.6. The number of piperazine rings is 1. The number of hydrogen-bond acceptors (Lipinski definition) is 5. The summed E-state index contributed by atoms with van der Waals surface area (Å²) < 4.78 is 0. The van der Waals surface area contributed by atoms with E-state index < -0.39 is 5.54 Å². The summed E-state index contributed by atoms with van der Waals surface area (Å²) in [6.45, 7) is 5.76. The van der Waals surface area contributed by atoms with Gasteiger partial charge in [0.15, 0.2) is 17.1 Å². The Balaban J connectivity index is 1.49. The number of pyridine rings is 1. The van der Waals surface area contributed by atoms with E-state index in [1.54, 1.807) is 12.1 Å². The van der Waals surface area contributed by atoms with E-state index in [1.807, 2.05) is 67.8 Å². The van der Waals surface area contributed by atoms with E-state index in [0.29, 0.717) is 24.2 Å². The van der Waals surface area contributed by atoms with Gasteiger partial charge in [-0.2, -0.15) is 0 Å². The molecule has 3 aromatic rings. The number of carbonyl (C=O) groups excluding carboxylic acids is 2. The summed E-state index contributed by atoms with van der Waals surface area (Å²) in [5, 5.41) is 0. The molecule has 5 rings (SSSR count). The van der Waals surface area contributed by atoms with Gasteiger partial charge in [0.2, 0.25) is 0 Å². The molecular formula is C26H25N3O2. The minimum atomic E-state index is -1.27. The summed E-state index contributed by atoms with van der Waals surface area (Å²) in [6.07, 6.45) is 3.62. The SMILES string of the molecule is Cc1cccc(C2(N3CCN(Cc4ccncc4)CC3)C(=O)c3ccccc3C2=O)c1. The first kappa shape index (κ1) is 19.8. The lowest BCUT2D eigenvalue weighted by Crippen LogP contribution is -2.60. The normalized spacial score (nSPS) is 18.9. The van der Waals surface area contributed by atoms with Crippen LogP contribution in [0.25, 0.3) is 0 Å². The van der Waals surface area contributed by atoms with Crippen LogP contribution in [0.15, 0.2) is 73.1 Å². The Morgan fingerprint density at radius 3 is 2.10 bits per heavy atom. The average molecular weight is 412 g/mol. The maximum atomic E-state index is 13.8. The summed E-state index contributed by atoms with van der Waals surface area (Å²) in [4.78, 5) is 36.2. The molecule has 0 atom stereocenters. The third-order valence-corrected chi connectivity index (χ3v) is 6.51. The van der Waals surface area contributed by atoms with Crippen LogP contribution in [0.4, 0.5) is 0 Å². The monoisotopic (exact) mass is 411 g/mol. The number of Topliss-reactive ketones (excluding diaryl/α,β-unsaturated/α-hetero) is 2. The molecule has 5 nitrogen and oxygen atoms in total. The minimum absolute atomic E-state index is 0.0960. The van der Waals surface area contributed by atoms with Gasteiger partial charge < -0.3 is 0 Å². The Hall–Kier alpha value is -3.15. The summed E-state index contributed by atoms with van der Waals surface area (Å²) in [7, 11) is 0. The van der Waals surface area contributed by atoms with Crippen molar-refractivity contribution < 1.29 is 9.59 Å². The first-order valence-corrected chi connectivity index (χ1v) is 10.7. The van der Waals surface area contributed by atoms with Gasteiger partial charge in [-0.1, -0.05) is 54.1 Å². The van der Waals surface area contributed by atoms with E-state index in [0.717, 1.165) is 30.8 Å². The van der Waals surface area contributed by atoms with E-state index in [-0.39, 0.29) is 11.6 Å². The second kappa shape index (κ2) is 7.84. The smallest absolute Gasteiger partial charge is 0.196 e. The van der Waals surface area contributed by atoms with Crippen LogP contribution in [0.1, 0.15) is 37.4 Å². The molecule has 1 saturated heterocycles. The first-order valence-electron chi connectivity index (χ1n) is 10.7. The third kappa shape index (κ3) is 3.21. The van der Waals surface area contributed by atoms with Gasteiger partial charge in [0.05, 0.1) is 0 Å². The van der Waals surface area contributed by atoms with E-state index in [9.17, 15) is 9.59 Å². The fourth-order valence-corrected chi connectivity index (χ4v) is 4.96. The van der Waals surface area contributed by atoms with Crippen LogP contribution in [0.5, 0.6) is 0 Å². The van der Waals surface area contributed by atoms with Gasteiger partial charge in [-0.3, -0.25) is 24.4 Å². The Morgan fingerprint density at radius 1 is 0.839 bits per heavy atom. The highest BCUT2D eigenvalue weighted by atomic mass is 16.2. The van der Waals surface area contributed by atoms with Crippen molar-refractivity contribution in [1.29, 1.82) is 0 Å². The van der Waals surface area contributed by atoms with Crippen molar-refractivity contribution in [3.05, 3.63) is 101 Å². The number of rotatable bonds is 4. The molecule has 0 amide bonds. The fourth-order valence-electron chi connectivity index (χ4n) is 4.96. The lowest BCUT2D eigenvalue weighted by Gasteiger charge is -2.44. The Bertz CT molecular complexity index is 1100. The topological polar surface area (TPSA) is 53.5 Å². The first-order chi connectivity index (χ1) is 15.1.